The number of methoxy groups -OCH3 is 1. The van der Waals surface area contributed by atoms with E-state index < -0.39 is 11.7 Å². The minimum Gasteiger partial charge on any atom is -0.469 e. The monoisotopic (exact) mass is 274 g/mol. The molecule has 0 aromatic heterocycles. The van der Waals surface area contributed by atoms with E-state index in [9.17, 15) is 9.59 Å². The number of ether oxygens (including phenoxy) is 2. The van der Waals surface area contributed by atoms with E-state index in [0.29, 0.717) is 25.9 Å². The van der Waals surface area contributed by atoms with Crippen molar-refractivity contribution in [1.29, 1.82) is 0 Å². The molecule has 0 rings (SSSR count). The number of esters is 1. The van der Waals surface area contributed by atoms with Gasteiger partial charge in [-0.25, -0.2) is 4.79 Å². The molecule has 0 saturated heterocycles. The van der Waals surface area contributed by atoms with Gasteiger partial charge in [0.25, 0.3) is 0 Å². The summed E-state index contributed by atoms with van der Waals surface area (Å²) in [4.78, 5) is 22.3. The maximum absolute atomic E-state index is 11.4. The Morgan fingerprint density at radius 2 is 1.89 bits per heavy atom. The lowest BCUT2D eigenvalue weighted by molar-refractivity contribution is -0.140. The van der Waals surface area contributed by atoms with Gasteiger partial charge >= 0.3 is 12.1 Å². The first-order valence-electron chi connectivity index (χ1n) is 6.51. The summed E-state index contributed by atoms with van der Waals surface area (Å²) in [5.41, 5.74) is -0.485. The van der Waals surface area contributed by atoms with Crippen LogP contribution in [0.2, 0.25) is 0 Å². The number of carbonyl (C=O) groups excluding carboxylic acids is 2. The molecular weight excluding hydrogens is 248 g/mol. The van der Waals surface area contributed by atoms with Crippen LogP contribution in [0.5, 0.6) is 0 Å². The number of nitrogens with one attached hydrogen (secondary N) is 2. The van der Waals surface area contributed by atoms with Gasteiger partial charge in [0.05, 0.1) is 7.11 Å². The van der Waals surface area contributed by atoms with Crippen LogP contribution in [0.1, 0.15) is 40.5 Å². The number of hydrogen-bond donors (Lipinski definition) is 2. The predicted molar refractivity (Wildman–Crippen MR) is 73.0 cm³/mol. The minimum absolute atomic E-state index is 0.116. The zero-order valence-corrected chi connectivity index (χ0v) is 12.5. The minimum atomic E-state index is -0.485. The van der Waals surface area contributed by atoms with E-state index in [-0.39, 0.29) is 12.0 Å². The largest absolute Gasteiger partial charge is 0.469 e. The van der Waals surface area contributed by atoms with E-state index in [1.807, 2.05) is 27.7 Å². The van der Waals surface area contributed by atoms with Crippen molar-refractivity contribution in [2.75, 3.05) is 20.2 Å². The van der Waals surface area contributed by atoms with Crippen LogP contribution in [0.4, 0.5) is 4.79 Å². The molecule has 6 heteroatoms. The summed E-state index contributed by atoms with van der Waals surface area (Å²) in [5, 5.41) is 5.89. The highest BCUT2D eigenvalue weighted by Gasteiger charge is 2.16. The topological polar surface area (TPSA) is 76.7 Å². The van der Waals surface area contributed by atoms with E-state index in [0.717, 1.165) is 0 Å². The fraction of sp³-hybridized carbons (Fsp3) is 0.846. The van der Waals surface area contributed by atoms with Crippen molar-refractivity contribution in [3.63, 3.8) is 0 Å². The van der Waals surface area contributed by atoms with E-state index in [2.05, 4.69) is 15.4 Å². The lowest BCUT2D eigenvalue weighted by atomic mass is 10.2. The molecule has 1 unspecified atom stereocenters. The second-order valence-corrected chi connectivity index (χ2v) is 5.42. The quantitative estimate of drug-likeness (QED) is 0.542. The maximum atomic E-state index is 11.4. The second kappa shape index (κ2) is 8.74. The van der Waals surface area contributed by atoms with Crippen molar-refractivity contribution in [3.8, 4) is 0 Å². The molecule has 0 heterocycles. The summed E-state index contributed by atoms with van der Waals surface area (Å²) in [6.07, 6.45) is 0.690. The third-order valence-corrected chi connectivity index (χ3v) is 2.23. The SMILES string of the molecule is COC(=O)CCCNC(C)CNC(=O)OC(C)(C)C. The van der Waals surface area contributed by atoms with Crippen LogP contribution in [-0.2, 0) is 14.3 Å². The maximum Gasteiger partial charge on any atom is 0.407 e. The molecule has 0 aliphatic heterocycles. The first-order chi connectivity index (χ1) is 8.74. The molecule has 0 spiro atoms. The Morgan fingerprint density at radius 1 is 1.26 bits per heavy atom. The lowest BCUT2D eigenvalue weighted by Crippen LogP contribution is -2.41. The number of amides is 1. The predicted octanol–water partition coefficient (Wildman–Crippen LogP) is 1.44. The number of hydrogen-bond acceptors (Lipinski definition) is 5. The Balaban J connectivity index is 3.62. The Hall–Kier alpha value is -1.30. The highest BCUT2D eigenvalue weighted by Crippen LogP contribution is 2.06. The summed E-state index contributed by atoms with van der Waals surface area (Å²) in [6.45, 7) is 8.60. The average molecular weight is 274 g/mol. The van der Waals surface area contributed by atoms with Gasteiger partial charge in [-0.15, -0.1) is 0 Å². The van der Waals surface area contributed by atoms with Gasteiger partial charge in [-0.05, 0) is 40.7 Å². The van der Waals surface area contributed by atoms with Crippen molar-refractivity contribution >= 4 is 12.1 Å². The van der Waals surface area contributed by atoms with Crippen LogP contribution in [0.3, 0.4) is 0 Å². The van der Waals surface area contributed by atoms with E-state index >= 15 is 0 Å². The molecule has 0 aliphatic carbocycles. The van der Waals surface area contributed by atoms with Crippen LogP contribution in [-0.4, -0.2) is 43.9 Å². The van der Waals surface area contributed by atoms with Gasteiger partial charge < -0.3 is 20.1 Å². The molecule has 0 radical (unpaired) electrons. The summed E-state index contributed by atoms with van der Waals surface area (Å²) in [5.74, 6) is -0.207. The summed E-state index contributed by atoms with van der Waals surface area (Å²) >= 11 is 0. The standard InChI is InChI=1S/C13H26N2O4/c1-10(14-8-6-7-11(16)18-5)9-15-12(17)19-13(2,3)4/h10,14H,6-9H2,1-5H3,(H,15,17). The van der Waals surface area contributed by atoms with Crippen LogP contribution < -0.4 is 10.6 Å². The lowest BCUT2D eigenvalue weighted by Gasteiger charge is -2.21. The molecule has 0 fully saturated rings. The Morgan fingerprint density at radius 3 is 2.42 bits per heavy atom. The van der Waals surface area contributed by atoms with E-state index in [1.165, 1.54) is 7.11 Å². The molecule has 19 heavy (non-hydrogen) atoms. The number of rotatable bonds is 7. The molecule has 112 valence electrons. The summed E-state index contributed by atoms with van der Waals surface area (Å²) in [6, 6.07) is 0.116. The van der Waals surface area contributed by atoms with Crippen LogP contribution in [0.15, 0.2) is 0 Å². The Labute approximate surface area is 115 Å². The van der Waals surface area contributed by atoms with E-state index in [1.54, 1.807) is 0 Å². The molecule has 2 N–H and O–H groups in total. The van der Waals surface area contributed by atoms with Gasteiger partial charge in [0, 0.05) is 19.0 Å². The van der Waals surface area contributed by atoms with Gasteiger partial charge in [0.15, 0.2) is 0 Å². The molecular formula is C13H26N2O4. The molecule has 0 aromatic carbocycles. The van der Waals surface area contributed by atoms with Gasteiger partial charge in [-0.1, -0.05) is 0 Å². The Kier molecular flexibility index (Phi) is 8.14. The van der Waals surface area contributed by atoms with Crippen molar-refractivity contribution < 1.29 is 19.1 Å². The van der Waals surface area contributed by atoms with Crippen molar-refractivity contribution in [1.82, 2.24) is 10.6 Å². The first-order valence-corrected chi connectivity index (χ1v) is 6.51. The van der Waals surface area contributed by atoms with Gasteiger partial charge in [-0.2, -0.15) is 0 Å². The van der Waals surface area contributed by atoms with Crippen molar-refractivity contribution in [2.24, 2.45) is 0 Å². The van der Waals surface area contributed by atoms with Crippen molar-refractivity contribution in [2.45, 2.75) is 52.2 Å². The average Bonchev–Trinajstić information content (AvgIpc) is 2.29. The molecule has 0 bridgehead atoms. The normalized spacial score (nSPS) is 12.7. The van der Waals surface area contributed by atoms with Crippen LogP contribution >= 0.6 is 0 Å². The smallest absolute Gasteiger partial charge is 0.407 e. The third-order valence-electron chi connectivity index (χ3n) is 2.23. The van der Waals surface area contributed by atoms with Crippen molar-refractivity contribution in [3.05, 3.63) is 0 Å². The molecule has 0 saturated carbocycles. The van der Waals surface area contributed by atoms with E-state index in [4.69, 9.17) is 4.74 Å². The zero-order valence-electron chi connectivity index (χ0n) is 12.5. The second-order valence-electron chi connectivity index (χ2n) is 5.42. The fourth-order valence-corrected chi connectivity index (χ4v) is 1.31. The first kappa shape index (κ1) is 17.7. The van der Waals surface area contributed by atoms with Gasteiger partial charge in [-0.3, -0.25) is 4.79 Å². The van der Waals surface area contributed by atoms with Gasteiger partial charge in [0.2, 0.25) is 0 Å². The molecule has 0 aromatic rings. The molecule has 6 nitrogen and oxygen atoms in total. The van der Waals surface area contributed by atoms with Crippen LogP contribution in [0.25, 0.3) is 0 Å². The molecule has 0 aliphatic rings. The third kappa shape index (κ3) is 11.5. The molecule has 1 atom stereocenters. The Bertz CT molecular complexity index is 287. The highest BCUT2D eigenvalue weighted by molar-refractivity contribution is 5.69. The van der Waals surface area contributed by atoms with Gasteiger partial charge in [0.1, 0.15) is 5.60 Å². The summed E-state index contributed by atoms with van der Waals surface area (Å²) < 4.78 is 9.66. The number of alkyl carbamates (subject to hydrolysis) is 1. The zero-order chi connectivity index (χ0) is 14.9. The summed E-state index contributed by atoms with van der Waals surface area (Å²) in [7, 11) is 1.38. The number of carbonyl (C=O) groups is 2. The van der Waals surface area contributed by atoms with Crippen LogP contribution in [0, 0.1) is 0 Å². The molecule has 1 amide bonds. The fourth-order valence-electron chi connectivity index (χ4n) is 1.31. The highest BCUT2D eigenvalue weighted by atomic mass is 16.6.